The Morgan fingerprint density at radius 3 is 0.980 bits per heavy atom. The molecule has 1 aliphatic carbocycles. The summed E-state index contributed by atoms with van der Waals surface area (Å²) in [5.41, 5.74) is 0. The minimum atomic E-state index is -0.800. The molecule has 5 heteroatoms. The maximum absolute atomic E-state index is 2.96. The zero-order chi connectivity index (χ0) is 33.8. The van der Waals surface area contributed by atoms with Crippen molar-refractivity contribution in [1.82, 2.24) is 9.11 Å². The lowest BCUT2D eigenvalue weighted by Gasteiger charge is -2.42. The Labute approximate surface area is 303 Å². The molecular formula is C45H47N2P3. The Kier molecular flexibility index (Phi) is 12.7. The fourth-order valence-corrected chi connectivity index (χ4v) is 16.0. The molecule has 6 aromatic rings. The number of benzene rings is 6. The van der Waals surface area contributed by atoms with E-state index in [0.29, 0.717) is 6.04 Å². The topological polar surface area (TPSA) is 6.48 Å². The Morgan fingerprint density at radius 2 is 0.660 bits per heavy atom. The second-order valence-electron chi connectivity index (χ2n) is 12.9. The molecule has 0 amide bonds. The van der Waals surface area contributed by atoms with Gasteiger partial charge in [0.25, 0.3) is 0 Å². The molecule has 0 unspecified atom stereocenters. The summed E-state index contributed by atoms with van der Waals surface area (Å²) in [7, 11) is -2.25. The summed E-state index contributed by atoms with van der Waals surface area (Å²) >= 11 is 0. The Bertz CT molecular complexity index is 1620. The number of hydrogen-bond acceptors (Lipinski definition) is 2. The third kappa shape index (κ3) is 8.69. The van der Waals surface area contributed by atoms with Gasteiger partial charge in [0.15, 0.2) is 0 Å². The van der Waals surface area contributed by atoms with Crippen LogP contribution in [-0.2, 0) is 0 Å². The lowest BCUT2D eigenvalue weighted by Crippen LogP contribution is -2.40. The molecule has 0 bridgehead atoms. The van der Waals surface area contributed by atoms with Crippen molar-refractivity contribution >= 4 is 56.0 Å². The van der Waals surface area contributed by atoms with E-state index in [1.165, 1.54) is 63.9 Å². The van der Waals surface area contributed by atoms with Gasteiger partial charge in [-0.3, -0.25) is 4.67 Å². The van der Waals surface area contributed by atoms with Crippen LogP contribution in [0.1, 0.15) is 38.5 Å². The molecule has 50 heavy (non-hydrogen) atoms. The van der Waals surface area contributed by atoms with Gasteiger partial charge in [0.2, 0.25) is 0 Å². The third-order valence-electron chi connectivity index (χ3n) is 9.46. The predicted molar refractivity (Wildman–Crippen MR) is 222 cm³/mol. The lowest BCUT2D eigenvalue weighted by molar-refractivity contribution is 0.263. The fourth-order valence-electron chi connectivity index (χ4n) is 7.18. The first-order valence-electron chi connectivity index (χ1n) is 18.1. The van der Waals surface area contributed by atoms with Crippen LogP contribution in [0.4, 0.5) is 0 Å². The van der Waals surface area contributed by atoms with Crippen molar-refractivity contribution in [2.45, 2.75) is 44.6 Å². The minimum Gasteiger partial charge on any atom is -0.272 e. The van der Waals surface area contributed by atoms with Crippen molar-refractivity contribution < 1.29 is 0 Å². The van der Waals surface area contributed by atoms with Crippen LogP contribution in [0.25, 0.3) is 0 Å². The average Bonchev–Trinajstić information content (AvgIpc) is 3.20. The van der Waals surface area contributed by atoms with E-state index in [1.807, 2.05) is 0 Å². The number of rotatable bonds is 14. The van der Waals surface area contributed by atoms with E-state index in [1.54, 1.807) is 0 Å². The summed E-state index contributed by atoms with van der Waals surface area (Å²) in [6, 6.07) is 68.5. The van der Waals surface area contributed by atoms with Crippen molar-refractivity contribution in [3.63, 3.8) is 0 Å². The molecule has 1 fully saturated rings. The molecular weight excluding hydrogens is 661 g/mol. The van der Waals surface area contributed by atoms with Gasteiger partial charge in [0, 0.05) is 43.3 Å². The average molecular weight is 709 g/mol. The minimum absolute atomic E-state index is 0.609. The van der Waals surface area contributed by atoms with Gasteiger partial charge in [-0.2, -0.15) is 0 Å². The van der Waals surface area contributed by atoms with Crippen LogP contribution in [0.2, 0.25) is 0 Å². The maximum Gasteiger partial charge on any atom is 0.0323 e. The van der Waals surface area contributed by atoms with E-state index < -0.39 is 24.2 Å². The van der Waals surface area contributed by atoms with Gasteiger partial charge in [0.1, 0.15) is 0 Å². The molecule has 1 saturated carbocycles. The standard InChI is InChI=1S/C45H47N2P3/c1-8-23-39(24-9-1)46(48(40-25-10-2-11-26-40)41-27-12-3-13-28-41)37-22-38-47(49(42-29-14-4-15-30-42)43-31-16-5-17-32-43)50(44-33-18-6-19-34-44)45-35-20-7-21-36-45/h2-7,10-21,25-36,39H,1,8-9,22-24,37-38H2. The lowest BCUT2D eigenvalue weighted by atomic mass is 9.95. The smallest absolute Gasteiger partial charge is 0.0323 e. The second-order valence-corrected chi connectivity index (χ2v) is 19.6. The van der Waals surface area contributed by atoms with Crippen LogP contribution in [0.5, 0.6) is 0 Å². The van der Waals surface area contributed by atoms with Gasteiger partial charge < -0.3 is 0 Å². The first-order chi connectivity index (χ1) is 24.9. The maximum atomic E-state index is 2.96. The molecule has 0 aliphatic heterocycles. The zero-order valence-electron chi connectivity index (χ0n) is 28.8. The first kappa shape index (κ1) is 35.0. The van der Waals surface area contributed by atoms with Crippen molar-refractivity contribution in [1.29, 1.82) is 0 Å². The number of hydrogen-bond donors (Lipinski definition) is 0. The molecule has 7 rings (SSSR count). The molecule has 1 aliphatic rings. The molecule has 0 heterocycles. The van der Waals surface area contributed by atoms with E-state index in [-0.39, 0.29) is 0 Å². The van der Waals surface area contributed by atoms with Crippen LogP contribution in [0.3, 0.4) is 0 Å². The second kappa shape index (κ2) is 18.1. The Morgan fingerprint density at radius 1 is 0.360 bits per heavy atom. The molecule has 6 aromatic carbocycles. The molecule has 2 nitrogen and oxygen atoms in total. The van der Waals surface area contributed by atoms with Crippen LogP contribution < -0.4 is 31.8 Å². The number of nitrogens with zero attached hydrogens (tertiary/aromatic N) is 2. The van der Waals surface area contributed by atoms with Crippen LogP contribution in [0, 0.1) is 0 Å². The van der Waals surface area contributed by atoms with Gasteiger partial charge in [-0.25, -0.2) is 4.44 Å². The normalized spacial score (nSPS) is 13.9. The zero-order valence-corrected chi connectivity index (χ0v) is 31.5. The van der Waals surface area contributed by atoms with Crippen molar-refractivity contribution in [2.24, 2.45) is 0 Å². The summed E-state index contributed by atoms with van der Waals surface area (Å²) in [5.74, 6) is 0. The van der Waals surface area contributed by atoms with Crippen LogP contribution in [-0.4, -0.2) is 28.2 Å². The van der Waals surface area contributed by atoms with Crippen molar-refractivity contribution in [3.8, 4) is 0 Å². The monoisotopic (exact) mass is 708 g/mol. The Hall–Kier alpha value is -3.47. The molecule has 0 radical (unpaired) electrons. The van der Waals surface area contributed by atoms with Gasteiger partial charge in [-0.15, -0.1) is 0 Å². The fraction of sp³-hybridized carbons (Fsp3) is 0.200. The molecule has 252 valence electrons. The SMILES string of the molecule is c1ccc(P(c2ccccc2)N(CCCN(P(c2ccccc2)c2ccccc2)P(c2ccccc2)c2ccccc2)C2CCCCC2)cc1. The Balaban J connectivity index is 1.30. The van der Waals surface area contributed by atoms with Gasteiger partial charge in [-0.05, 0) is 51.1 Å². The quantitative estimate of drug-likeness (QED) is 0.104. The summed E-state index contributed by atoms with van der Waals surface area (Å²) in [4.78, 5) is 0. The van der Waals surface area contributed by atoms with Gasteiger partial charge in [0.05, 0.1) is 0 Å². The van der Waals surface area contributed by atoms with E-state index in [9.17, 15) is 0 Å². The van der Waals surface area contributed by atoms with E-state index in [0.717, 1.165) is 19.5 Å². The van der Waals surface area contributed by atoms with Crippen molar-refractivity contribution in [2.75, 3.05) is 13.1 Å². The largest absolute Gasteiger partial charge is 0.272 e. The highest BCUT2D eigenvalue weighted by Gasteiger charge is 2.33. The summed E-state index contributed by atoms with van der Waals surface area (Å²) in [6.07, 6.45) is 7.73. The summed E-state index contributed by atoms with van der Waals surface area (Å²) in [6.45, 7) is 2.09. The highest BCUT2D eigenvalue weighted by molar-refractivity contribution is 7.84. The third-order valence-corrected chi connectivity index (χ3v) is 17.6. The van der Waals surface area contributed by atoms with E-state index in [2.05, 4.69) is 191 Å². The summed E-state index contributed by atoms with van der Waals surface area (Å²) < 4.78 is 5.88. The molecule has 0 spiro atoms. The van der Waals surface area contributed by atoms with E-state index in [4.69, 9.17) is 0 Å². The van der Waals surface area contributed by atoms with Crippen molar-refractivity contribution in [3.05, 3.63) is 182 Å². The highest BCUT2D eigenvalue weighted by Crippen LogP contribution is 2.54. The van der Waals surface area contributed by atoms with Crippen LogP contribution >= 0.6 is 24.2 Å². The van der Waals surface area contributed by atoms with Gasteiger partial charge >= 0.3 is 0 Å². The van der Waals surface area contributed by atoms with E-state index >= 15 is 0 Å². The molecule has 0 N–H and O–H groups in total. The van der Waals surface area contributed by atoms with Gasteiger partial charge in [-0.1, -0.05) is 201 Å². The molecule has 0 aromatic heterocycles. The molecule has 0 saturated heterocycles. The predicted octanol–water partition coefficient (Wildman–Crippen LogP) is 9.46. The highest BCUT2D eigenvalue weighted by atomic mass is 31.2. The summed E-state index contributed by atoms with van der Waals surface area (Å²) in [5, 5.41) is 8.56. The first-order valence-corrected chi connectivity index (χ1v) is 22.0. The molecule has 0 atom stereocenters. The van der Waals surface area contributed by atoms with Crippen LogP contribution in [0.15, 0.2) is 182 Å².